The normalized spacial score (nSPS) is 12.1. The molecule has 0 radical (unpaired) electrons. The summed E-state index contributed by atoms with van der Waals surface area (Å²) in [5.41, 5.74) is 0.937. The lowest BCUT2D eigenvalue weighted by Crippen LogP contribution is -2.40. The largest absolute Gasteiger partial charge is 0.444 e. The Labute approximate surface area is 124 Å². The van der Waals surface area contributed by atoms with Gasteiger partial charge in [0.25, 0.3) is 0 Å². The van der Waals surface area contributed by atoms with E-state index < -0.39 is 11.7 Å². The van der Waals surface area contributed by atoms with E-state index in [1.54, 1.807) is 32.9 Å². The van der Waals surface area contributed by atoms with Gasteiger partial charge < -0.3 is 14.8 Å². The minimum absolute atomic E-state index is 0.208. The molecule has 0 heterocycles. The van der Waals surface area contributed by atoms with Crippen molar-refractivity contribution in [2.75, 3.05) is 0 Å². The fourth-order valence-electron chi connectivity index (χ4n) is 1.78. The number of benzene rings is 1. The minimum atomic E-state index is -0.579. The quantitative estimate of drug-likeness (QED) is 0.844. The van der Waals surface area contributed by atoms with Gasteiger partial charge in [0, 0.05) is 12.5 Å². The van der Waals surface area contributed by atoms with Gasteiger partial charge in [0.05, 0.1) is 11.6 Å². The van der Waals surface area contributed by atoms with Crippen LogP contribution in [0.1, 0.15) is 38.3 Å². The fourth-order valence-corrected chi connectivity index (χ4v) is 1.78. The van der Waals surface area contributed by atoms with Crippen LogP contribution < -0.4 is 5.32 Å². The van der Waals surface area contributed by atoms with Crippen molar-refractivity contribution in [3.05, 3.63) is 35.4 Å². The van der Waals surface area contributed by atoms with Gasteiger partial charge in [-0.05, 0) is 44.9 Å². The van der Waals surface area contributed by atoms with E-state index in [9.17, 15) is 9.59 Å². The summed E-state index contributed by atoms with van der Waals surface area (Å²) in [5, 5.41) is 11.4. The zero-order chi connectivity index (χ0) is 15.9. The summed E-state index contributed by atoms with van der Waals surface area (Å²) in [7, 11) is 0. The number of ether oxygens (including phenoxy) is 1. The van der Waals surface area contributed by atoms with E-state index in [-0.39, 0.29) is 12.5 Å². The first-order valence-electron chi connectivity index (χ1n) is 6.76. The van der Waals surface area contributed by atoms with Crippen LogP contribution in [0, 0.1) is 11.3 Å². The molecule has 0 fully saturated rings. The second-order valence-corrected chi connectivity index (χ2v) is 5.76. The third-order valence-corrected chi connectivity index (χ3v) is 2.67. The van der Waals surface area contributed by atoms with Gasteiger partial charge in [0.2, 0.25) is 0 Å². The van der Waals surface area contributed by atoms with Gasteiger partial charge in [0.15, 0.2) is 0 Å². The van der Waals surface area contributed by atoms with E-state index in [4.69, 9.17) is 10.00 Å². The Morgan fingerprint density at radius 2 is 2.00 bits per heavy atom. The Morgan fingerprint density at radius 1 is 1.38 bits per heavy atom. The van der Waals surface area contributed by atoms with Crippen molar-refractivity contribution >= 4 is 12.4 Å². The predicted octanol–water partition coefficient (Wildman–Crippen LogP) is 2.58. The zero-order valence-corrected chi connectivity index (χ0v) is 12.6. The van der Waals surface area contributed by atoms with Gasteiger partial charge in [0.1, 0.15) is 11.9 Å². The molecule has 0 aliphatic heterocycles. The Balaban J connectivity index is 2.66. The van der Waals surface area contributed by atoms with Crippen LogP contribution in [0.15, 0.2) is 24.3 Å². The van der Waals surface area contributed by atoms with Gasteiger partial charge in [-0.2, -0.15) is 5.26 Å². The first kappa shape index (κ1) is 16.7. The number of rotatable bonds is 5. The van der Waals surface area contributed by atoms with Crippen LogP contribution in [0.25, 0.3) is 0 Å². The molecule has 5 nitrogen and oxygen atoms in total. The van der Waals surface area contributed by atoms with Crippen molar-refractivity contribution in [2.45, 2.75) is 45.3 Å². The predicted molar refractivity (Wildman–Crippen MR) is 78.7 cm³/mol. The zero-order valence-electron chi connectivity index (χ0n) is 12.6. The van der Waals surface area contributed by atoms with Crippen LogP contribution in [0.4, 0.5) is 4.79 Å². The summed E-state index contributed by atoms with van der Waals surface area (Å²) in [6.45, 7) is 5.34. The molecule has 1 amide bonds. The average Bonchev–Trinajstić information content (AvgIpc) is 2.37. The van der Waals surface area contributed by atoms with E-state index in [2.05, 4.69) is 5.32 Å². The third-order valence-electron chi connectivity index (χ3n) is 2.67. The van der Waals surface area contributed by atoms with Crippen molar-refractivity contribution in [3.8, 4) is 6.07 Å². The second kappa shape index (κ2) is 7.44. The van der Waals surface area contributed by atoms with Crippen LogP contribution >= 0.6 is 0 Å². The number of hydrogen-bond donors (Lipinski definition) is 1. The number of alkyl carbamates (subject to hydrolysis) is 1. The first-order chi connectivity index (χ1) is 9.84. The molecule has 21 heavy (non-hydrogen) atoms. The van der Waals surface area contributed by atoms with E-state index >= 15 is 0 Å². The Morgan fingerprint density at radius 3 is 2.48 bits per heavy atom. The molecule has 0 spiro atoms. The summed E-state index contributed by atoms with van der Waals surface area (Å²) in [6, 6.07) is 8.76. The molecule has 5 heteroatoms. The lowest BCUT2D eigenvalue weighted by atomic mass is 10.0. The van der Waals surface area contributed by atoms with E-state index in [0.717, 1.165) is 11.8 Å². The van der Waals surface area contributed by atoms with Crippen LogP contribution in [0.5, 0.6) is 0 Å². The molecule has 1 aromatic carbocycles. The monoisotopic (exact) mass is 288 g/mol. The number of aldehydes is 1. The lowest BCUT2D eigenvalue weighted by molar-refractivity contribution is -0.108. The number of amides is 1. The van der Waals surface area contributed by atoms with Crippen molar-refractivity contribution in [3.63, 3.8) is 0 Å². The second-order valence-electron chi connectivity index (χ2n) is 5.76. The molecule has 0 unspecified atom stereocenters. The molecule has 0 saturated carbocycles. The smallest absolute Gasteiger partial charge is 0.407 e. The fraction of sp³-hybridized carbons (Fsp3) is 0.438. The standard InChI is InChI=1S/C16H20N2O3/c1-16(2,3)21-15(20)18-14(8-9-19)10-12-4-6-13(11-17)7-5-12/h4-7,9,14H,8,10H2,1-3H3,(H,18,20)/t14-/m0/s1. The van der Waals surface area contributed by atoms with Crippen LogP contribution in [-0.4, -0.2) is 24.0 Å². The van der Waals surface area contributed by atoms with Gasteiger partial charge in [-0.1, -0.05) is 12.1 Å². The van der Waals surface area contributed by atoms with Crippen LogP contribution in [-0.2, 0) is 16.0 Å². The van der Waals surface area contributed by atoms with E-state index in [1.807, 2.05) is 18.2 Å². The summed E-state index contributed by atoms with van der Waals surface area (Å²) >= 11 is 0. The summed E-state index contributed by atoms with van der Waals surface area (Å²) < 4.78 is 5.18. The van der Waals surface area contributed by atoms with Crippen molar-refractivity contribution in [2.24, 2.45) is 0 Å². The topological polar surface area (TPSA) is 79.2 Å². The summed E-state index contributed by atoms with van der Waals surface area (Å²) in [5.74, 6) is 0. The summed E-state index contributed by atoms with van der Waals surface area (Å²) in [6.07, 6.45) is 0.942. The molecule has 0 aliphatic carbocycles. The highest BCUT2D eigenvalue weighted by molar-refractivity contribution is 5.68. The van der Waals surface area contributed by atoms with Gasteiger partial charge in [-0.25, -0.2) is 4.79 Å². The Hall–Kier alpha value is -2.35. The van der Waals surface area contributed by atoms with Gasteiger partial charge in [-0.3, -0.25) is 0 Å². The van der Waals surface area contributed by atoms with Crippen molar-refractivity contribution in [1.29, 1.82) is 5.26 Å². The lowest BCUT2D eigenvalue weighted by Gasteiger charge is -2.23. The van der Waals surface area contributed by atoms with Crippen molar-refractivity contribution < 1.29 is 14.3 Å². The molecule has 0 aliphatic rings. The molecule has 0 saturated heterocycles. The average molecular weight is 288 g/mol. The molecule has 1 N–H and O–H groups in total. The molecule has 1 aromatic rings. The molecular formula is C16H20N2O3. The number of carbonyl (C=O) groups excluding carboxylic acids is 2. The molecule has 1 rings (SSSR count). The van der Waals surface area contributed by atoms with Crippen LogP contribution in [0.3, 0.4) is 0 Å². The Bertz CT molecular complexity index is 524. The highest BCUT2D eigenvalue weighted by atomic mass is 16.6. The van der Waals surface area contributed by atoms with E-state index in [0.29, 0.717) is 12.0 Å². The highest BCUT2D eigenvalue weighted by Crippen LogP contribution is 2.10. The number of nitrogens with zero attached hydrogens (tertiary/aromatic N) is 1. The number of nitrogens with one attached hydrogen (secondary N) is 1. The van der Waals surface area contributed by atoms with Crippen LogP contribution in [0.2, 0.25) is 0 Å². The first-order valence-corrected chi connectivity index (χ1v) is 6.76. The van der Waals surface area contributed by atoms with Gasteiger partial charge in [-0.15, -0.1) is 0 Å². The van der Waals surface area contributed by atoms with E-state index in [1.165, 1.54) is 0 Å². The minimum Gasteiger partial charge on any atom is -0.444 e. The Kier molecular flexibility index (Phi) is 5.92. The maximum atomic E-state index is 11.7. The molecule has 0 aromatic heterocycles. The van der Waals surface area contributed by atoms with Crippen molar-refractivity contribution in [1.82, 2.24) is 5.32 Å². The third kappa shape index (κ3) is 6.57. The maximum Gasteiger partial charge on any atom is 0.407 e. The number of carbonyl (C=O) groups is 2. The number of nitriles is 1. The molecule has 112 valence electrons. The highest BCUT2D eigenvalue weighted by Gasteiger charge is 2.19. The summed E-state index contributed by atoms with van der Waals surface area (Å²) in [4.78, 5) is 22.5. The molecular weight excluding hydrogens is 268 g/mol. The molecule has 1 atom stereocenters. The van der Waals surface area contributed by atoms with Gasteiger partial charge >= 0.3 is 6.09 Å². The SMILES string of the molecule is CC(C)(C)OC(=O)N[C@@H](CC=O)Cc1ccc(C#N)cc1. The number of hydrogen-bond acceptors (Lipinski definition) is 4. The maximum absolute atomic E-state index is 11.7. The molecule has 0 bridgehead atoms.